The first-order valence-corrected chi connectivity index (χ1v) is 8.96. The molecule has 22 heavy (non-hydrogen) atoms. The van der Waals surface area contributed by atoms with Crippen molar-refractivity contribution in [2.24, 2.45) is 23.6 Å². The molecule has 2 aliphatic carbocycles. The van der Waals surface area contributed by atoms with Gasteiger partial charge in [-0.2, -0.15) is 5.26 Å². The average Bonchev–Trinajstić information content (AvgIpc) is 2.60. The number of unbranched alkanes of at least 4 members (excludes halogenated alkanes) is 2. The minimum atomic E-state index is -3.09. The summed E-state index contributed by atoms with van der Waals surface area (Å²) in [5.74, 6) is -1.99. The Bertz CT molecular complexity index is 534. The molecule has 2 rings (SSSR count). The largest absolute Gasteiger partial charge is 0.246 e. The van der Waals surface area contributed by atoms with E-state index in [1.807, 2.05) is 0 Å². The molecule has 0 saturated heterocycles. The summed E-state index contributed by atoms with van der Waals surface area (Å²) in [6.45, 7) is 2.22. The van der Waals surface area contributed by atoms with Gasteiger partial charge in [-0.05, 0) is 36.9 Å². The molecular weight excluding hydrogens is 273 g/mol. The van der Waals surface area contributed by atoms with E-state index in [9.17, 15) is 4.39 Å². The maximum absolute atomic E-state index is 14.7. The highest BCUT2D eigenvalue weighted by molar-refractivity contribution is 5.10. The molecule has 0 heterocycles. The van der Waals surface area contributed by atoms with Crippen molar-refractivity contribution in [3.63, 3.8) is 0 Å². The Hall–Kier alpha value is -0.840. The van der Waals surface area contributed by atoms with E-state index >= 15 is 0 Å². The van der Waals surface area contributed by atoms with Crippen molar-refractivity contribution in [1.82, 2.24) is 0 Å². The predicted molar refractivity (Wildman–Crippen MR) is 90.1 cm³/mol. The van der Waals surface area contributed by atoms with Crippen molar-refractivity contribution >= 4 is 0 Å². The quantitative estimate of drug-likeness (QED) is 0.405. The molecule has 3 unspecified atom stereocenters. The summed E-state index contributed by atoms with van der Waals surface area (Å²) in [7, 11) is 0. The molecular formula is C20H32FN. The van der Waals surface area contributed by atoms with Crippen molar-refractivity contribution in [3.8, 4) is 6.07 Å². The summed E-state index contributed by atoms with van der Waals surface area (Å²) >= 11 is 0. The number of alkyl halides is 1. The summed E-state index contributed by atoms with van der Waals surface area (Å²) < 4.78 is 47.0. The van der Waals surface area contributed by atoms with Crippen LogP contribution in [0, 0.1) is 35.0 Å². The molecule has 2 heteroatoms. The third kappa shape index (κ3) is 5.41. The van der Waals surface area contributed by atoms with Crippen LogP contribution in [0.3, 0.4) is 0 Å². The number of nitriles is 1. The molecule has 3 atom stereocenters. The summed E-state index contributed by atoms with van der Waals surface area (Å²) in [5, 5.41) is 8.98. The maximum atomic E-state index is 14.7. The van der Waals surface area contributed by atoms with Crippen LogP contribution < -0.4 is 0 Å². The van der Waals surface area contributed by atoms with E-state index in [0.717, 1.165) is 18.8 Å². The van der Waals surface area contributed by atoms with E-state index in [-0.39, 0.29) is 6.42 Å². The lowest BCUT2D eigenvalue weighted by Gasteiger charge is -2.30. The second kappa shape index (κ2) is 9.33. The molecule has 0 spiro atoms. The minimum absolute atomic E-state index is 0.199. The van der Waals surface area contributed by atoms with Crippen molar-refractivity contribution in [2.45, 2.75) is 83.7 Å². The summed E-state index contributed by atoms with van der Waals surface area (Å²) in [4.78, 5) is 0. The van der Waals surface area contributed by atoms with Crippen LogP contribution in [0.25, 0.3) is 0 Å². The highest BCUT2D eigenvalue weighted by Gasteiger charge is 2.27. The van der Waals surface area contributed by atoms with Crippen LogP contribution in [0.2, 0.25) is 0 Å². The first kappa shape index (κ1) is 12.6. The fraction of sp³-hybridized carbons (Fsp3) is 0.850. The van der Waals surface area contributed by atoms with Gasteiger partial charge in [0.15, 0.2) is 0 Å². The zero-order valence-corrected chi connectivity index (χ0v) is 13.8. The molecule has 1 fully saturated rings. The Kier molecular flexibility index (Phi) is 5.33. The van der Waals surface area contributed by atoms with Crippen LogP contribution in [0.5, 0.6) is 0 Å². The molecule has 0 radical (unpaired) electrons. The fourth-order valence-electron chi connectivity index (χ4n) is 3.67. The molecule has 2 aliphatic rings. The molecule has 0 amide bonds. The summed E-state index contributed by atoms with van der Waals surface area (Å²) in [6.07, 6.45) is 7.36. The molecule has 0 bridgehead atoms. The first-order chi connectivity index (χ1) is 12.2. The van der Waals surface area contributed by atoms with Crippen molar-refractivity contribution in [3.05, 3.63) is 12.2 Å². The fourth-order valence-corrected chi connectivity index (χ4v) is 3.67. The highest BCUT2D eigenvalue weighted by atomic mass is 19.1. The van der Waals surface area contributed by atoms with Crippen LogP contribution >= 0.6 is 0 Å². The SMILES string of the molecule is [2H]C1(CCC2CCC(CCCCC)CC2)C=CC(C#N)C([2H])(F)C1([2H])[2H]. The normalized spacial score (nSPS) is 46.9. The van der Waals surface area contributed by atoms with Crippen LogP contribution in [0.4, 0.5) is 4.39 Å². The first-order valence-electron chi connectivity index (χ1n) is 11.0. The lowest BCUT2D eigenvalue weighted by molar-refractivity contribution is 0.213. The van der Waals surface area contributed by atoms with Gasteiger partial charge >= 0.3 is 0 Å². The van der Waals surface area contributed by atoms with E-state index in [0.29, 0.717) is 12.3 Å². The van der Waals surface area contributed by atoms with E-state index in [2.05, 4.69) is 6.92 Å². The molecule has 1 saturated carbocycles. The second-order valence-corrected chi connectivity index (χ2v) is 6.89. The number of allylic oxidation sites excluding steroid dienone is 2. The van der Waals surface area contributed by atoms with Gasteiger partial charge < -0.3 is 0 Å². The lowest BCUT2D eigenvalue weighted by Crippen LogP contribution is -2.22. The zero-order chi connectivity index (χ0) is 19.4. The Labute approximate surface area is 141 Å². The van der Waals surface area contributed by atoms with Gasteiger partial charge in [-0.15, -0.1) is 0 Å². The lowest BCUT2D eigenvalue weighted by atomic mass is 9.76. The molecule has 124 valence electrons. The van der Waals surface area contributed by atoms with Gasteiger partial charge in [0, 0.05) is 4.11 Å². The Morgan fingerprint density at radius 2 is 1.82 bits per heavy atom. The van der Waals surface area contributed by atoms with Gasteiger partial charge in [-0.1, -0.05) is 70.4 Å². The van der Waals surface area contributed by atoms with Crippen LogP contribution in [0.15, 0.2) is 12.2 Å². The van der Waals surface area contributed by atoms with E-state index in [4.69, 9.17) is 10.7 Å². The molecule has 0 N–H and O–H groups in total. The molecule has 0 aromatic carbocycles. The predicted octanol–water partition coefficient (Wildman–Crippen LogP) is 6.21. The Morgan fingerprint density at radius 3 is 2.45 bits per heavy atom. The third-order valence-corrected chi connectivity index (χ3v) is 5.19. The molecule has 0 aliphatic heterocycles. The third-order valence-electron chi connectivity index (χ3n) is 5.19. The van der Waals surface area contributed by atoms with Gasteiger partial charge in [0.2, 0.25) is 0 Å². The molecule has 0 aromatic rings. The monoisotopic (exact) mass is 309 g/mol. The Morgan fingerprint density at radius 1 is 1.14 bits per heavy atom. The van der Waals surface area contributed by atoms with Gasteiger partial charge in [0.25, 0.3) is 0 Å². The molecule has 0 aromatic heterocycles. The summed E-state index contributed by atoms with van der Waals surface area (Å²) in [6, 6.07) is 1.65. The number of hydrogen-bond donors (Lipinski definition) is 0. The Balaban J connectivity index is 1.90. The van der Waals surface area contributed by atoms with Gasteiger partial charge in [0.05, 0.1) is 13.4 Å². The van der Waals surface area contributed by atoms with E-state index < -0.39 is 24.3 Å². The zero-order valence-electron chi connectivity index (χ0n) is 17.8. The number of rotatable bonds is 7. The van der Waals surface area contributed by atoms with Crippen molar-refractivity contribution in [1.29, 1.82) is 5.26 Å². The van der Waals surface area contributed by atoms with Crippen LogP contribution in [-0.2, 0) is 0 Å². The van der Waals surface area contributed by atoms with Crippen molar-refractivity contribution < 1.29 is 9.87 Å². The topological polar surface area (TPSA) is 23.8 Å². The smallest absolute Gasteiger partial charge is 0.120 e. The van der Waals surface area contributed by atoms with E-state index in [1.165, 1.54) is 50.7 Å². The van der Waals surface area contributed by atoms with Crippen LogP contribution in [-0.4, -0.2) is 6.15 Å². The number of hydrogen-bond acceptors (Lipinski definition) is 1. The highest BCUT2D eigenvalue weighted by Crippen LogP contribution is 2.36. The number of nitrogens with zero attached hydrogens (tertiary/aromatic N) is 1. The standard InChI is InChI=1S/C20H32FN/c1-2-3-4-5-16-6-8-17(9-7-16)10-11-18-12-13-19(15-22)20(21)14-18/h12-13,16-20H,2-11,14H2,1H3/i14D2,18D,20D. The average molecular weight is 310 g/mol. The van der Waals surface area contributed by atoms with E-state index in [1.54, 1.807) is 6.07 Å². The maximum Gasteiger partial charge on any atom is 0.120 e. The number of halogens is 1. The van der Waals surface area contributed by atoms with Gasteiger partial charge in [-0.25, -0.2) is 4.39 Å². The summed E-state index contributed by atoms with van der Waals surface area (Å²) in [5.41, 5.74) is 0. The second-order valence-electron chi connectivity index (χ2n) is 6.89. The van der Waals surface area contributed by atoms with Crippen LogP contribution in [0.1, 0.15) is 83.0 Å². The minimum Gasteiger partial charge on any atom is -0.246 e. The van der Waals surface area contributed by atoms with Gasteiger partial charge in [-0.3, -0.25) is 0 Å². The molecule has 1 nitrogen and oxygen atoms in total. The van der Waals surface area contributed by atoms with Crippen molar-refractivity contribution in [2.75, 3.05) is 0 Å². The van der Waals surface area contributed by atoms with Gasteiger partial charge in [0.1, 0.15) is 6.15 Å².